The minimum atomic E-state index is -1.45. The van der Waals surface area contributed by atoms with Gasteiger partial charge in [0, 0.05) is 37.7 Å². The maximum absolute atomic E-state index is 13.6. The molecule has 43 heavy (non-hydrogen) atoms. The van der Waals surface area contributed by atoms with E-state index in [4.69, 9.17) is 11.6 Å². The van der Waals surface area contributed by atoms with Gasteiger partial charge in [0.2, 0.25) is 5.91 Å². The Morgan fingerprint density at radius 1 is 1.09 bits per heavy atom. The van der Waals surface area contributed by atoms with E-state index in [0.717, 1.165) is 10.1 Å². The van der Waals surface area contributed by atoms with Crippen molar-refractivity contribution in [2.75, 3.05) is 31.1 Å². The smallest absolute Gasteiger partial charge is 0.329 e. The molecule has 2 aromatic heterocycles. The van der Waals surface area contributed by atoms with Gasteiger partial charge in [0.1, 0.15) is 23.2 Å². The van der Waals surface area contributed by atoms with Crippen LogP contribution in [0.2, 0.25) is 5.02 Å². The molecule has 13 nitrogen and oxygen atoms in total. The molecule has 2 aliphatic rings. The average Bonchev–Trinajstić information content (AvgIpc) is 3.34. The van der Waals surface area contributed by atoms with Gasteiger partial charge in [-0.3, -0.25) is 23.9 Å². The van der Waals surface area contributed by atoms with E-state index in [9.17, 15) is 29.1 Å². The summed E-state index contributed by atoms with van der Waals surface area (Å²) < 4.78 is 1.13. The molecule has 3 aromatic rings. The number of carbonyl (C=O) groups is 4. The summed E-state index contributed by atoms with van der Waals surface area (Å²) in [7, 11) is 0. The lowest BCUT2D eigenvalue weighted by molar-refractivity contribution is -0.147. The van der Waals surface area contributed by atoms with Crippen LogP contribution in [-0.2, 0) is 22.7 Å². The molecule has 2 saturated heterocycles. The van der Waals surface area contributed by atoms with Crippen LogP contribution in [0.4, 0.5) is 10.6 Å². The third kappa shape index (κ3) is 5.76. The number of anilines is 1. The van der Waals surface area contributed by atoms with Crippen molar-refractivity contribution in [1.82, 2.24) is 29.7 Å². The zero-order valence-corrected chi connectivity index (χ0v) is 25.0. The number of benzene rings is 1. The summed E-state index contributed by atoms with van der Waals surface area (Å²) in [4.78, 5) is 78.0. The van der Waals surface area contributed by atoms with Crippen molar-refractivity contribution in [1.29, 1.82) is 0 Å². The third-order valence-corrected chi connectivity index (χ3v) is 8.01. The Morgan fingerprint density at radius 3 is 2.40 bits per heavy atom. The molecule has 4 heterocycles. The lowest BCUT2D eigenvalue weighted by Gasteiger charge is -2.45. The Labute approximate surface area is 252 Å². The van der Waals surface area contributed by atoms with Crippen LogP contribution < -0.4 is 15.8 Å². The highest BCUT2D eigenvalue weighted by atomic mass is 35.5. The molecule has 226 valence electrons. The number of hydrogen-bond donors (Lipinski definition) is 2. The first kappa shape index (κ1) is 30.0. The van der Waals surface area contributed by atoms with E-state index >= 15 is 0 Å². The van der Waals surface area contributed by atoms with E-state index < -0.39 is 29.0 Å². The molecule has 2 N–H and O–H groups in total. The highest BCUT2D eigenvalue weighted by molar-refractivity contribution is 6.30. The number of hydrogen-bond acceptors (Lipinski definition) is 7. The fourth-order valence-corrected chi connectivity index (χ4v) is 5.36. The van der Waals surface area contributed by atoms with Gasteiger partial charge in [0.15, 0.2) is 11.5 Å². The number of amides is 4. The first-order valence-corrected chi connectivity index (χ1v) is 14.1. The Kier molecular flexibility index (Phi) is 7.63. The lowest BCUT2D eigenvalue weighted by Crippen LogP contribution is -2.56. The molecule has 2 fully saturated rings. The van der Waals surface area contributed by atoms with Gasteiger partial charge in [-0.15, -0.1) is 0 Å². The van der Waals surface area contributed by atoms with E-state index in [1.807, 2.05) is 13.8 Å². The quantitative estimate of drug-likeness (QED) is 0.394. The monoisotopic (exact) mass is 609 g/mol. The molecule has 0 spiro atoms. The molecule has 0 atom stereocenters. The van der Waals surface area contributed by atoms with Crippen LogP contribution in [0.1, 0.15) is 43.6 Å². The van der Waals surface area contributed by atoms with Crippen molar-refractivity contribution in [3.8, 4) is 0 Å². The fourth-order valence-electron chi connectivity index (χ4n) is 5.23. The van der Waals surface area contributed by atoms with Crippen molar-refractivity contribution >= 4 is 52.4 Å². The molecular formula is C29H32ClN7O6. The lowest BCUT2D eigenvalue weighted by atomic mass is 9.84. The van der Waals surface area contributed by atoms with Crippen LogP contribution in [-0.4, -0.2) is 85.0 Å². The summed E-state index contributed by atoms with van der Waals surface area (Å²) in [5.74, 6) is -2.00. The van der Waals surface area contributed by atoms with Crippen LogP contribution in [0.5, 0.6) is 0 Å². The summed E-state index contributed by atoms with van der Waals surface area (Å²) in [6.07, 6.45) is 1.30. The zero-order chi connectivity index (χ0) is 31.3. The standard InChI is InChI=1S/C29H32ClN7O6/c1-28(2)15-34(16-28)22(38)14-36-23-20(11-19(25(36)40)24(39)32-12-17-5-7-18(30)8-6-17)33-21(13-31-23)35-9-10-37(27(35)43)29(3,4)26(41)42/h5-8,11,13H,9-10,12,14-16H2,1-4H3,(H,32,39)(H,41,42). The predicted molar refractivity (Wildman–Crippen MR) is 158 cm³/mol. The molecule has 0 bridgehead atoms. The van der Waals surface area contributed by atoms with Gasteiger partial charge in [-0.1, -0.05) is 37.6 Å². The topological polar surface area (TPSA) is 158 Å². The second-order valence-electron chi connectivity index (χ2n) is 12.1. The molecule has 14 heteroatoms. The molecule has 0 unspecified atom stereocenters. The van der Waals surface area contributed by atoms with Gasteiger partial charge in [0.05, 0.1) is 6.20 Å². The van der Waals surface area contributed by atoms with Crippen molar-refractivity contribution < 1.29 is 24.3 Å². The van der Waals surface area contributed by atoms with Crippen molar-refractivity contribution in [3.05, 3.63) is 63.0 Å². The summed E-state index contributed by atoms with van der Waals surface area (Å²) in [5.41, 5.74) is -1.46. The van der Waals surface area contributed by atoms with Crippen LogP contribution in [0.25, 0.3) is 11.2 Å². The van der Waals surface area contributed by atoms with Crippen molar-refractivity contribution in [2.24, 2.45) is 5.41 Å². The van der Waals surface area contributed by atoms with Crippen LogP contribution in [0.15, 0.2) is 41.3 Å². The maximum Gasteiger partial charge on any atom is 0.329 e. The highest BCUT2D eigenvalue weighted by Crippen LogP contribution is 2.29. The summed E-state index contributed by atoms with van der Waals surface area (Å²) in [6.45, 7) is 8.11. The number of likely N-dealkylation sites (tertiary alicyclic amines) is 1. The summed E-state index contributed by atoms with van der Waals surface area (Å²) >= 11 is 5.94. The number of nitrogens with one attached hydrogen (secondary N) is 1. The molecule has 5 rings (SSSR count). The summed E-state index contributed by atoms with van der Waals surface area (Å²) in [6, 6.07) is 7.58. The molecule has 2 aliphatic heterocycles. The van der Waals surface area contributed by atoms with Gasteiger partial charge in [-0.2, -0.15) is 0 Å². The highest BCUT2D eigenvalue weighted by Gasteiger charge is 2.44. The van der Waals surface area contributed by atoms with E-state index in [-0.39, 0.29) is 60.0 Å². The molecule has 0 radical (unpaired) electrons. The van der Waals surface area contributed by atoms with Gasteiger partial charge >= 0.3 is 12.0 Å². The number of aromatic nitrogens is 3. The van der Waals surface area contributed by atoms with Crippen LogP contribution in [0.3, 0.4) is 0 Å². The van der Waals surface area contributed by atoms with Gasteiger partial charge in [0.25, 0.3) is 11.5 Å². The van der Waals surface area contributed by atoms with E-state index in [1.165, 1.54) is 35.9 Å². The molecule has 1 aromatic carbocycles. The normalized spacial score (nSPS) is 16.4. The number of pyridine rings is 1. The minimum Gasteiger partial charge on any atom is -0.480 e. The Balaban J connectivity index is 1.50. The number of nitrogens with zero attached hydrogens (tertiary/aromatic N) is 6. The average molecular weight is 610 g/mol. The van der Waals surface area contributed by atoms with Gasteiger partial charge in [-0.05, 0) is 43.0 Å². The number of rotatable bonds is 8. The number of carboxylic acid groups (broad SMARTS) is 1. The van der Waals surface area contributed by atoms with Crippen LogP contribution in [0, 0.1) is 5.41 Å². The van der Waals surface area contributed by atoms with E-state index in [0.29, 0.717) is 18.1 Å². The third-order valence-electron chi connectivity index (χ3n) is 7.76. The van der Waals surface area contributed by atoms with Gasteiger partial charge in [-0.25, -0.2) is 19.6 Å². The second kappa shape index (κ2) is 11.0. The van der Waals surface area contributed by atoms with Crippen LogP contribution >= 0.6 is 11.6 Å². The number of carbonyl (C=O) groups excluding carboxylic acids is 3. The Bertz CT molecular complexity index is 1690. The molecule has 4 amide bonds. The predicted octanol–water partition coefficient (Wildman–Crippen LogP) is 2.35. The summed E-state index contributed by atoms with van der Waals surface area (Å²) in [5, 5.41) is 12.9. The van der Waals surface area contributed by atoms with E-state index in [1.54, 1.807) is 29.2 Å². The largest absolute Gasteiger partial charge is 0.480 e. The van der Waals surface area contributed by atoms with Gasteiger partial charge < -0.3 is 20.2 Å². The van der Waals surface area contributed by atoms with Crippen molar-refractivity contribution in [2.45, 2.75) is 46.3 Å². The molecule has 0 aliphatic carbocycles. The number of carboxylic acids is 1. The number of aliphatic carboxylic acids is 1. The zero-order valence-electron chi connectivity index (χ0n) is 24.3. The Hall–Kier alpha value is -4.52. The first-order valence-electron chi connectivity index (χ1n) is 13.7. The Morgan fingerprint density at radius 2 is 1.77 bits per heavy atom. The SMILES string of the molecule is CC1(C)CN(C(=O)Cn2c(=O)c(C(=O)NCc3ccc(Cl)cc3)cc3nc(N4CCN(C(C)(C)C(=O)O)C4=O)cnc32)C1. The second-order valence-corrected chi connectivity index (χ2v) is 12.5. The number of halogens is 1. The first-order chi connectivity index (χ1) is 20.2. The minimum absolute atomic E-state index is 0.0217. The molecular weight excluding hydrogens is 578 g/mol. The van der Waals surface area contributed by atoms with Crippen molar-refractivity contribution in [3.63, 3.8) is 0 Å². The fraction of sp³-hybridized carbons (Fsp3) is 0.414. The number of fused-ring (bicyclic) bond motifs is 1. The maximum atomic E-state index is 13.6. The molecule has 0 saturated carbocycles. The number of urea groups is 1. The van der Waals surface area contributed by atoms with E-state index in [2.05, 4.69) is 15.3 Å².